The second-order valence-corrected chi connectivity index (χ2v) is 3.67. The van der Waals surface area contributed by atoms with Crippen LogP contribution in [0.5, 0.6) is 0 Å². The van der Waals surface area contributed by atoms with E-state index in [9.17, 15) is 0 Å². The first kappa shape index (κ1) is 9.48. The number of hydrogen-bond donors (Lipinski definition) is 1. The smallest absolute Gasteiger partial charge is 0.185 e. The van der Waals surface area contributed by atoms with Gasteiger partial charge in [-0.25, -0.2) is 4.98 Å². The molecule has 2 N–H and O–H groups in total. The van der Waals surface area contributed by atoms with E-state index in [-0.39, 0.29) is 0 Å². The van der Waals surface area contributed by atoms with E-state index in [1.807, 2.05) is 14.0 Å². The van der Waals surface area contributed by atoms with Gasteiger partial charge in [-0.3, -0.25) is 0 Å². The van der Waals surface area contributed by atoms with Crippen LogP contribution in [-0.2, 0) is 0 Å². The zero-order chi connectivity index (χ0) is 8.97. The first-order chi connectivity index (χ1) is 5.74. The number of anilines is 1. The first-order valence-electron chi connectivity index (χ1n) is 4.07. The molecule has 3 nitrogen and oxygen atoms in total. The highest BCUT2D eigenvalue weighted by Crippen LogP contribution is 2.18. The van der Waals surface area contributed by atoms with Crippen LogP contribution in [0.3, 0.4) is 0 Å². The molecule has 0 unspecified atom stereocenters. The van der Waals surface area contributed by atoms with Crippen molar-refractivity contribution in [2.75, 3.05) is 25.0 Å². The van der Waals surface area contributed by atoms with E-state index in [0.717, 1.165) is 30.3 Å². The van der Waals surface area contributed by atoms with Gasteiger partial charge in [0.1, 0.15) is 0 Å². The molecule has 1 rings (SSSR count). The van der Waals surface area contributed by atoms with Gasteiger partial charge in [-0.2, -0.15) is 0 Å². The van der Waals surface area contributed by atoms with Crippen LogP contribution in [0.15, 0.2) is 5.38 Å². The summed E-state index contributed by atoms with van der Waals surface area (Å²) in [6, 6.07) is 0. The number of aryl methyl sites for hydroxylation is 1. The Hall–Kier alpha value is -0.610. The largest absolute Gasteiger partial charge is 0.351 e. The molecule has 1 heterocycles. The average Bonchev–Trinajstić information content (AvgIpc) is 2.47. The van der Waals surface area contributed by atoms with E-state index in [1.165, 1.54) is 0 Å². The van der Waals surface area contributed by atoms with Crippen LogP contribution in [0.25, 0.3) is 0 Å². The highest BCUT2D eigenvalue weighted by molar-refractivity contribution is 7.13. The Morgan fingerprint density at radius 2 is 2.42 bits per heavy atom. The van der Waals surface area contributed by atoms with Crippen LogP contribution in [0, 0.1) is 6.92 Å². The molecule has 68 valence electrons. The Morgan fingerprint density at radius 1 is 1.67 bits per heavy atom. The van der Waals surface area contributed by atoms with Crippen LogP contribution in [0.4, 0.5) is 5.13 Å². The molecule has 0 aliphatic carbocycles. The molecule has 4 heteroatoms. The Balaban J connectivity index is 2.47. The SMILES string of the molecule is Cc1csc(N(C)CCCN)n1. The number of thiazole rings is 1. The quantitative estimate of drug-likeness (QED) is 0.767. The van der Waals surface area contributed by atoms with Gasteiger partial charge in [-0.1, -0.05) is 0 Å². The van der Waals surface area contributed by atoms with E-state index in [2.05, 4.69) is 15.3 Å². The predicted octanol–water partition coefficient (Wildman–Crippen LogP) is 1.24. The van der Waals surface area contributed by atoms with Gasteiger partial charge in [-0.15, -0.1) is 11.3 Å². The van der Waals surface area contributed by atoms with E-state index in [1.54, 1.807) is 11.3 Å². The minimum atomic E-state index is 0.745. The minimum Gasteiger partial charge on any atom is -0.351 e. The highest BCUT2D eigenvalue weighted by atomic mass is 32.1. The monoisotopic (exact) mass is 185 g/mol. The Morgan fingerprint density at radius 3 is 2.92 bits per heavy atom. The molecule has 0 saturated heterocycles. The predicted molar refractivity (Wildman–Crippen MR) is 53.8 cm³/mol. The van der Waals surface area contributed by atoms with Gasteiger partial charge in [0.05, 0.1) is 5.69 Å². The van der Waals surface area contributed by atoms with Crippen LogP contribution in [0.1, 0.15) is 12.1 Å². The maximum atomic E-state index is 5.42. The second-order valence-electron chi connectivity index (χ2n) is 2.84. The molecule has 12 heavy (non-hydrogen) atoms. The number of aromatic nitrogens is 1. The Labute approximate surface area is 77.2 Å². The topological polar surface area (TPSA) is 42.1 Å². The normalized spacial score (nSPS) is 10.2. The van der Waals surface area contributed by atoms with Crippen molar-refractivity contribution in [2.24, 2.45) is 5.73 Å². The highest BCUT2D eigenvalue weighted by Gasteiger charge is 2.03. The van der Waals surface area contributed by atoms with Crippen molar-refractivity contribution in [3.05, 3.63) is 11.1 Å². The number of nitrogens with two attached hydrogens (primary N) is 1. The molecule has 0 fully saturated rings. The second kappa shape index (κ2) is 4.42. The van der Waals surface area contributed by atoms with Crippen molar-refractivity contribution in [3.63, 3.8) is 0 Å². The van der Waals surface area contributed by atoms with E-state index in [4.69, 9.17) is 5.73 Å². The zero-order valence-corrected chi connectivity index (χ0v) is 8.40. The van der Waals surface area contributed by atoms with Crippen molar-refractivity contribution in [2.45, 2.75) is 13.3 Å². The summed E-state index contributed by atoms with van der Waals surface area (Å²) >= 11 is 1.68. The average molecular weight is 185 g/mol. The third-order valence-electron chi connectivity index (χ3n) is 1.63. The van der Waals surface area contributed by atoms with Gasteiger partial charge in [0.2, 0.25) is 0 Å². The first-order valence-corrected chi connectivity index (χ1v) is 4.95. The van der Waals surface area contributed by atoms with E-state index < -0.39 is 0 Å². The van der Waals surface area contributed by atoms with Crippen LogP contribution >= 0.6 is 11.3 Å². The summed E-state index contributed by atoms with van der Waals surface area (Å²) < 4.78 is 0. The molecule has 0 atom stereocenters. The zero-order valence-electron chi connectivity index (χ0n) is 7.58. The van der Waals surface area contributed by atoms with Gasteiger partial charge >= 0.3 is 0 Å². The van der Waals surface area contributed by atoms with Crippen molar-refractivity contribution in [1.29, 1.82) is 0 Å². The molecular formula is C8H15N3S. The summed E-state index contributed by atoms with van der Waals surface area (Å²) in [4.78, 5) is 6.51. The summed E-state index contributed by atoms with van der Waals surface area (Å²) in [5, 5.41) is 3.15. The van der Waals surface area contributed by atoms with Gasteiger partial charge < -0.3 is 10.6 Å². The van der Waals surface area contributed by atoms with Crippen molar-refractivity contribution >= 4 is 16.5 Å². The molecule has 1 aromatic rings. The molecule has 0 bridgehead atoms. The van der Waals surface area contributed by atoms with Crippen molar-refractivity contribution < 1.29 is 0 Å². The van der Waals surface area contributed by atoms with Gasteiger partial charge in [-0.05, 0) is 19.9 Å². The fourth-order valence-electron chi connectivity index (χ4n) is 0.941. The van der Waals surface area contributed by atoms with Crippen LogP contribution in [-0.4, -0.2) is 25.1 Å². The standard InChI is InChI=1S/C8H15N3S/c1-7-6-12-8(10-7)11(2)5-3-4-9/h6H,3-5,9H2,1-2H3. The third-order valence-corrected chi connectivity index (χ3v) is 2.70. The molecule has 0 saturated carbocycles. The molecule has 0 aliphatic heterocycles. The van der Waals surface area contributed by atoms with E-state index >= 15 is 0 Å². The molecule has 0 aliphatic rings. The van der Waals surface area contributed by atoms with Crippen molar-refractivity contribution in [1.82, 2.24) is 4.98 Å². The molecule has 0 spiro atoms. The Bertz CT molecular complexity index is 234. The maximum Gasteiger partial charge on any atom is 0.185 e. The fraction of sp³-hybridized carbons (Fsp3) is 0.625. The molecule has 0 amide bonds. The Kier molecular flexibility index (Phi) is 3.49. The number of nitrogens with zero attached hydrogens (tertiary/aromatic N) is 2. The fourth-order valence-corrected chi connectivity index (χ4v) is 1.74. The summed E-state index contributed by atoms with van der Waals surface area (Å²) in [7, 11) is 2.05. The number of hydrogen-bond acceptors (Lipinski definition) is 4. The summed E-state index contributed by atoms with van der Waals surface area (Å²) in [5.41, 5.74) is 6.51. The lowest BCUT2D eigenvalue weighted by Gasteiger charge is -2.14. The number of rotatable bonds is 4. The lowest BCUT2D eigenvalue weighted by atomic mass is 10.4. The molecule has 0 aromatic carbocycles. The minimum absolute atomic E-state index is 0.745. The summed E-state index contributed by atoms with van der Waals surface area (Å²) in [5.74, 6) is 0. The summed E-state index contributed by atoms with van der Waals surface area (Å²) in [6.45, 7) is 3.74. The molecular weight excluding hydrogens is 170 g/mol. The van der Waals surface area contributed by atoms with Gasteiger partial charge in [0.15, 0.2) is 5.13 Å². The third kappa shape index (κ3) is 2.46. The van der Waals surface area contributed by atoms with Crippen LogP contribution in [0.2, 0.25) is 0 Å². The lowest BCUT2D eigenvalue weighted by Crippen LogP contribution is -2.20. The molecule has 1 aromatic heterocycles. The van der Waals surface area contributed by atoms with Gasteiger partial charge in [0.25, 0.3) is 0 Å². The van der Waals surface area contributed by atoms with Crippen molar-refractivity contribution in [3.8, 4) is 0 Å². The van der Waals surface area contributed by atoms with Gasteiger partial charge in [0, 0.05) is 19.0 Å². The van der Waals surface area contributed by atoms with E-state index in [0.29, 0.717) is 0 Å². The van der Waals surface area contributed by atoms with Crippen LogP contribution < -0.4 is 10.6 Å². The maximum absolute atomic E-state index is 5.42. The summed E-state index contributed by atoms with van der Waals surface area (Å²) in [6.07, 6.45) is 1.02. The molecule has 0 radical (unpaired) electrons. The lowest BCUT2D eigenvalue weighted by molar-refractivity contribution is 0.792.